The molecule has 0 saturated carbocycles. The van der Waals surface area contributed by atoms with E-state index in [4.69, 9.17) is 4.74 Å². The van der Waals surface area contributed by atoms with Crippen LogP contribution in [-0.2, 0) is 4.79 Å². The van der Waals surface area contributed by atoms with Gasteiger partial charge in [-0.05, 0) is 28.5 Å². The molecular weight excluding hydrogens is 298 g/mol. The van der Waals surface area contributed by atoms with Gasteiger partial charge in [0.25, 0.3) is 0 Å². The number of hydrogen-bond donors (Lipinski definition) is 1. The third-order valence-electron chi connectivity index (χ3n) is 4.29. The second kappa shape index (κ2) is 6.46. The van der Waals surface area contributed by atoms with Gasteiger partial charge in [0, 0.05) is 5.57 Å². The molecule has 1 atom stereocenters. The van der Waals surface area contributed by atoms with Crippen molar-refractivity contribution in [2.45, 2.75) is 47.6 Å². The van der Waals surface area contributed by atoms with Crippen LogP contribution >= 0.6 is 0 Å². The first-order valence-corrected chi connectivity index (χ1v) is 8.42. The van der Waals surface area contributed by atoms with E-state index in [1.165, 1.54) is 5.57 Å². The minimum absolute atomic E-state index is 0.0160. The Hall–Kier alpha value is -2.03. The van der Waals surface area contributed by atoms with E-state index in [1.807, 2.05) is 30.3 Å². The maximum Gasteiger partial charge on any atom is 0.185 e. The summed E-state index contributed by atoms with van der Waals surface area (Å²) in [5.74, 6) is 0.865. The topological polar surface area (TPSA) is 38.3 Å². The normalized spacial score (nSPS) is 18.8. The fourth-order valence-electron chi connectivity index (χ4n) is 2.79. The minimum Gasteiger partial charge on any atom is -0.495 e. The SMILES string of the molecule is COc1ccccc1NC1C=C(C(C)(C)C)C=C(C(C)(C)C)C1=O. The standard InChI is InChI=1S/C21H29NO2/c1-20(2,3)14-12-15(21(4,5)6)19(23)17(13-14)22-16-10-8-9-11-18(16)24-7/h8-13,17,22H,1-7H3. The second-order valence-corrected chi connectivity index (χ2v) is 8.37. The molecule has 0 saturated heterocycles. The lowest BCUT2D eigenvalue weighted by Crippen LogP contribution is -2.36. The van der Waals surface area contributed by atoms with Gasteiger partial charge in [-0.25, -0.2) is 0 Å². The van der Waals surface area contributed by atoms with Crippen molar-refractivity contribution >= 4 is 11.5 Å². The molecule has 0 bridgehead atoms. The van der Waals surface area contributed by atoms with Crippen LogP contribution in [-0.4, -0.2) is 18.9 Å². The van der Waals surface area contributed by atoms with Crippen LogP contribution in [0.2, 0.25) is 0 Å². The number of carbonyl (C=O) groups is 1. The van der Waals surface area contributed by atoms with Crippen LogP contribution in [0.1, 0.15) is 41.5 Å². The van der Waals surface area contributed by atoms with E-state index >= 15 is 0 Å². The molecule has 0 radical (unpaired) electrons. The van der Waals surface area contributed by atoms with Gasteiger partial charge in [-0.1, -0.05) is 65.8 Å². The van der Waals surface area contributed by atoms with Crippen LogP contribution in [0.3, 0.4) is 0 Å². The average Bonchev–Trinajstić information content (AvgIpc) is 2.47. The molecule has 0 amide bonds. The van der Waals surface area contributed by atoms with Gasteiger partial charge in [-0.2, -0.15) is 0 Å². The molecule has 0 aromatic heterocycles. The van der Waals surface area contributed by atoms with Crippen molar-refractivity contribution < 1.29 is 9.53 Å². The van der Waals surface area contributed by atoms with E-state index in [0.29, 0.717) is 0 Å². The van der Waals surface area contributed by atoms with E-state index in [1.54, 1.807) is 7.11 Å². The number of benzene rings is 1. The van der Waals surface area contributed by atoms with Crippen LogP contribution in [0, 0.1) is 10.8 Å². The van der Waals surface area contributed by atoms with Gasteiger partial charge in [-0.3, -0.25) is 4.79 Å². The molecule has 1 aromatic rings. The van der Waals surface area contributed by atoms with Crippen molar-refractivity contribution in [2.24, 2.45) is 10.8 Å². The first kappa shape index (κ1) is 18.3. The number of para-hydroxylation sites is 2. The van der Waals surface area contributed by atoms with Gasteiger partial charge in [0.2, 0.25) is 0 Å². The van der Waals surface area contributed by atoms with Crippen molar-refractivity contribution in [3.05, 3.63) is 47.6 Å². The fraction of sp³-hybridized carbons (Fsp3) is 0.476. The summed E-state index contributed by atoms with van der Waals surface area (Å²) >= 11 is 0. The quantitative estimate of drug-likeness (QED) is 0.848. The number of nitrogens with one attached hydrogen (secondary N) is 1. The van der Waals surface area contributed by atoms with E-state index in [2.05, 4.69) is 52.9 Å². The zero-order valence-electron chi connectivity index (χ0n) is 15.9. The van der Waals surface area contributed by atoms with Gasteiger partial charge in [0.15, 0.2) is 5.78 Å². The summed E-state index contributed by atoms with van der Waals surface area (Å²) in [6.07, 6.45) is 4.12. The molecule has 0 fully saturated rings. The number of Topliss-reactive ketones (excluding diaryl/α,β-unsaturated/α-hetero) is 1. The summed E-state index contributed by atoms with van der Waals surface area (Å²) in [4.78, 5) is 13.0. The van der Waals surface area contributed by atoms with E-state index in [9.17, 15) is 4.79 Å². The Labute approximate surface area is 145 Å². The third kappa shape index (κ3) is 3.89. The summed E-state index contributed by atoms with van der Waals surface area (Å²) in [5.41, 5.74) is 2.67. The number of anilines is 1. The van der Waals surface area contributed by atoms with Crippen LogP contribution in [0.15, 0.2) is 47.6 Å². The highest BCUT2D eigenvalue weighted by molar-refractivity contribution is 6.05. The first-order chi connectivity index (χ1) is 11.0. The molecule has 1 aromatic carbocycles. The average molecular weight is 327 g/mol. The van der Waals surface area contributed by atoms with Crippen LogP contribution in [0.5, 0.6) is 5.75 Å². The molecule has 1 aliphatic rings. The van der Waals surface area contributed by atoms with Gasteiger partial charge in [0.05, 0.1) is 12.8 Å². The number of ether oxygens (including phenoxy) is 1. The van der Waals surface area contributed by atoms with Crippen LogP contribution < -0.4 is 10.1 Å². The second-order valence-electron chi connectivity index (χ2n) is 8.37. The molecule has 130 valence electrons. The maximum atomic E-state index is 13.0. The highest BCUT2D eigenvalue weighted by Gasteiger charge is 2.34. The van der Waals surface area contributed by atoms with Gasteiger partial charge >= 0.3 is 0 Å². The number of methoxy groups -OCH3 is 1. The molecule has 0 heterocycles. The molecule has 0 spiro atoms. The maximum absolute atomic E-state index is 13.0. The smallest absolute Gasteiger partial charge is 0.185 e. The van der Waals surface area contributed by atoms with Gasteiger partial charge < -0.3 is 10.1 Å². The lowest BCUT2D eigenvalue weighted by Gasteiger charge is -2.33. The minimum atomic E-state index is -0.380. The largest absolute Gasteiger partial charge is 0.495 e. The van der Waals surface area contributed by atoms with Gasteiger partial charge in [-0.15, -0.1) is 0 Å². The molecular formula is C21H29NO2. The first-order valence-electron chi connectivity index (χ1n) is 8.42. The summed E-state index contributed by atoms with van der Waals surface area (Å²) in [6.45, 7) is 12.8. The summed E-state index contributed by atoms with van der Waals surface area (Å²) in [5, 5.41) is 3.36. The fourth-order valence-corrected chi connectivity index (χ4v) is 2.79. The lowest BCUT2D eigenvalue weighted by atomic mass is 9.73. The van der Waals surface area contributed by atoms with Crippen LogP contribution in [0.4, 0.5) is 5.69 Å². The van der Waals surface area contributed by atoms with Crippen molar-refractivity contribution in [1.29, 1.82) is 0 Å². The van der Waals surface area contributed by atoms with Crippen LogP contribution in [0.25, 0.3) is 0 Å². The summed E-state index contributed by atoms with van der Waals surface area (Å²) in [7, 11) is 1.64. The Kier molecular flexibility index (Phi) is 4.93. The van der Waals surface area contributed by atoms with Crippen molar-refractivity contribution in [1.82, 2.24) is 0 Å². The Morgan fingerprint density at radius 3 is 2.17 bits per heavy atom. The van der Waals surface area contributed by atoms with Crippen molar-refractivity contribution in [3.63, 3.8) is 0 Å². The Morgan fingerprint density at radius 2 is 1.62 bits per heavy atom. The molecule has 24 heavy (non-hydrogen) atoms. The summed E-state index contributed by atoms with van der Waals surface area (Å²) in [6, 6.07) is 7.31. The van der Waals surface area contributed by atoms with Crippen molar-refractivity contribution in [3.8, 4) is 5.75 Å². The number of carbonyl (C=O) groups excluding carboxylic acids is 1. The lowest BCUT2D eigenvalue weighted by molar-refractivity contribution is -0.116. The third-order valence-corrected chi connectivity index (χ3v) is 4.29. The van der Waals surface area contributed by atoms with Gasteiger partial charge in [0.1, 0.15) is 11.8 Å². The molecule has 3 heteroatoms. The van der Waals surface area contributed by atoms with Crippen molar-refractivity contribution in [2.75, 3.05) is 12.4 Å². The molecule has 3 nitrogen and oxygen atoms in total. The predicted octanol–water partition coefficient (Wildman–Crippen LogP) is 5.00. The Bertz CT molecular complexity index is 685. The number of allylic oxidation sites excluding steroid dienone is 2. The molecule has 1 aliphatic carbocycles. The van der Waals surface area contributed by atoms with E-state index < -0.39 is 0 Å². The molecule has 1 unspecified atom stereocenters. The Balaban J connectivity index is 2.44. The highest BCUT2D eigenvalue weighted by atomic mass is 16.5. The molecule has 0 aliphatic heterocycles. The van der Waals surface area contributed by atoms with E-state index in [0.717, 1.165) is 17.0 Å². The highest BCUT2D eigenvalue weighted by Crippen LogP contribution is 2.38. The summed E-state index contributed by atoms with van der Waals surface area (Å²) < 4.78 is 5.40. The number of ketones is 1. The van der Waals surface area contributed by atoms with E-state index in [-0.39, 0.29) is 22.7 Å². The Morgan fingerprint density at radius 1 is 1.00 bits per heavy atom. The molecule has 1 N–H and O–H groups in total. The zero-order valence-corrected chi connectivity index (χ0v) is 15.9. The number of rotatable bonds is 3. The monoisotopic (exact) mass is 327 g/mol. The number of hydrogen-bond acceptors (Lipinski definition) is 3. The molecule has 2 rings (SSSR count). The predicted molar refractivity (Wildman–Crippen MR) is 100 cm³/mol. The zero-order chi connectivity index (χ0) is 18.1.